The Morgan fingerprint density at radius 1 is 1.40 bits per heavy atom. The summed E-state index contributed by atoms with van der Waals surface area (Å²) in [6.07, 6.45) is 0. The summed E-state index contributed by atoms with van der Waals surface area (Å²) in [5.74, 6) is -1.09. The molecule has 1 amide bonds. The van der Waals surface area contributed by atoms with E-state index < -0.39 is 18.5 Å². The Morgan fingerprint density at radius 3 is 2.75 bits per heavy atom. The van der Waals surface area contributed by atoms with Crippen LogP contribution in [0.1, 0.15) is 10.4 Å². The van der Waals surface area contributed by atoms with Gasteiger partial charge in [0.25, 0.3) is 5.91 Å². The van der Waals surface area contributed by atoms with Gasteiger partial charge < -0.3 is 24.6 Å². The molecule has 1 aliphatic rings. The van der Waals surface area contributed by atoms with Crippen LogP contribution < -0.4 is 19.5 Å². The Balaban J connectivity index is 2.12. The van der Waals surface area contributed by atoms with Crippen LogP contribution >= 0.6 is 0 Å². The third-order valence-corrected chi connectivity index (χ3v) is 2.43. The van der Waals surface area contributed by atoms with Gasteiger partial charge in [0.2, 0.25) is 6.79 Å². The van der Waals surface area contributed by atoms with E-state index in [1.807, 2.05) is 0 Å². The minimum atomic E-state index is -1.21. The lowest BCUT2D eigenvalue weighted by molar-refractivity contribution is -0.122. The molecule has 1 aliphatic heterocycles. The van der Waals surface area contributed by atoms with Gasteiger partial charge >= 0.3 is 5.97 Å². The summed E-state index contributed by atoms with van der Waals surface area (Å²) < 4.78 is 15.3. The first-order valence-corrected chi connectivity index (χ1v) is 5.55. The molecule has 1 aromatic carbocycles. The summed E-state index contributed by atoms with van der Waals surface area (Å²) in [5, 5.41) is 19.7. The van der Waals surface area contributed by atoms with E-state index in [2.05, 4.69) is 5.32 Å². The van der Waals surface area contributed by atoms with Crippen molar-refractivity contribution in [2.75, 3.05) is 19.9 Å². The van der Waals surface area contributed by atoms with Crippen LogP contribution in [-0.4, -0.2) is 36.9 Å². The molecule has 0 fully saturated rings. The predicted octanol–water partition coefficient (Wildman–Crippen LogP) is 0.132. The Kier molecular flexibility index (Phi) is 3.91. The van der Waals surface area contributed by atoms with Gasteiger partial charge in [-0.2, -0.15) is 5.26 Å². The van der Waals surface area contributed by atoms with Gasteiger partial charge in [-0.3, -0.25) is 4.79 Å². The van der Waals surface area contributed by atoms with Crippen LogP contribution in [0.2, 0.25) is 0 Å². The standard InChI is InChI=1S/C12H10N2O6/c13-1-2-14-11(15)5-18-8-4-10-9(19-6-20-10)3-7(8)12(16)17/h3-4H,2,5-6H2,(H,14,15)(H,16,17). The molecule has 0 saturated carbocycles. The van der Waals surface area contributed by atoms with E-state index in [1.165, 1.54) is 12.1 Å². The summed E-state index contributed by atoms with van der Waals surface area (Å²) >= 11 is 0. The molecular weight excluding hydrogens is 268 g/mol. The summed E-state index contributed by atoms with van der Waals surface area (Å²) in [7, 11) is 0. The molecule has 104 valence electrons. The minimum Gasteiger partial charge on any atom is -0.483 e. The second-order valence-corrected chi connectivity index (χ2v) is 3.73. The van der Waals surface area contributed by atoms with Crippen molar-refractivity contribution in [3.8, 4) is 23.3 Å². The van der Waals surface area contributed by atoms with Crippen molar-refractivity contribution in [2.45, 2.75) is 0 Å². The van der Waals surface area contributed by atoms with Crippen molar-refractivity contribution < 1.29 is 28.9 Å². The molecule has 2 N–H and O–H groups in total. The zero-order valence-corrected chi connectivity index (χ0v) is 10.2. The lowest BCUT2D eigenvalue weighted by Crippen LogP contribution is -2.29. The maximum absolute atomic E-state index is 11.3. The number of amides is 1. The van der Waals surface area contributed by atoms with E-state index in [4.69, 9.17) is 24.6 Å². The van der Waals surface area contributed by atoms with E-state index in [0.717, 1.165) is 0 Å². The molecular formula is C12H10N2O6. The average Bonchev–Trinajstić information content (AvgIpc) is 2.88. The summed E-state index contributed by atoms with van der Waals surface area (Å²) in [6.45, 7) is -0.544. The third-order valence-electron chi connectivity index (χ3n) is 2.43. The molecule has 0 unspecified atom stereocenters. The molecule has 1 heterocycles. The number of carbonyl (C=O) groups is 2. The van der Waals surface area contributed by atoms with E-state index in [0.29, 0.717) is 11.5 Å². The number of aromatic carboxylic acids is 1. The molecule has 0 aromatic heterocycles. The highest BCUT2D eigenvalue weighted by Crippen LogP contribution is 2.38. The van der Waals surface area contributed by atoms with Crippen LogP contribution in [0.3, 0.4) is 0 Å². The Hall–Kier alpha value is -2.95. The van der Waals surface area contributed by atoms with Crippen LogP contribution in [0.4, 0.5) is 0 Å². The van der Waals surface area contributed by atoms with Crippen LogP contribution in [0, 0.1) is 11.3 Å². The monoisotopic (exact) mass is 278 g/mol. The lowest BCUT2D eigenvalue weighted by Gasteiger charge is -2.09. The Bertz CT molecular complexity index is 592. The number of carbonyl (C=O) groups excluding carboxylic acids is 1. The summed E-state index contributed by atoms with van der Waals surface area (Å²) in [4.78, 5) is 22.4. The Labute approximate surface area is 113 Å². The smallest absolute Gasteiger partial charge is 0.339 e. The number of nitrogens with zero attached hydrogens (tertiary/aromatic N) is 1. The maximum Gasteiger partial charge on any atom is 0.339 e. The van der Waals surface area contributed by atoms with Crippen molar-refractivity contribution in [3.05, 3.63) is 17.7 Å². The first-order chi connectivity index (χ1) is 9.61. The van der Waals surface area contributed by atoms with Crippen molar-refractivity contribution >= 4 is 11.9 Å². The zero-order valence-electron chi connectivity index (χ0n) is 10.2. The van der Waals surface area contributed by atoms with Crippen molar-refractivity contribution in [1.82, 2.24) is 5.32 Å². The molecule has 1 aromatic rings. The highest BCUT2D eigenvalue weighted by molar-refractivity contribution is 5.92. The SMILES string of the molecule is N#CCNC(=O)COc1cc2c(cc1C(=O)O)OCO2. The van der Waals surface area contributed by atoms with Crippen LogP contribution in [0.5, 0.6) is 17.2 Å². The van der Waals surface area contributed by atoms with Gasteiger partial charge in [0.05, 0.1) is 6.07 Å². The summed E-state index contributed by atoms with van der Waals surface area (Å²) in [5.41, 5.74) is -0.137. The van der Waals surface area contributed by atoms with E-state index >= 15 is 0 Å². The number of ether oxygens (including phenoxy) is 3. The predicted molar refractivity (Wildman–Crippen MR) is 63.6 cm³/mol. The second-order valence-electron chi connectivity index (χ2n) is 3.73. The number of hydrogen-bond donors (Lipinski definition) is 2. The number of nitrogens with one attached hydrogen (secondary N) is 1. The van der Waals surface area contributed by atoms with E-state index in [-0.39, 0.29) is 24.7 Å². The number of benzene rings is 1. The average molecular weight is 278 g/mol. The Morgan fingerprint density at radius 2 is 2.10 bits per heavy atom. The fourth-order valence-corrected chi connectivity index (χ4v) is 1.54. The van der Waals surface area contributed by atoms with E-state index in [1.54, 1.807) is 6.07 Å². The molecule has 0 aliphatic carbocycles. The van der Waals surface area contributed by atoms with Crippen molar-refractivity contribution in [2.24, 2.45) is 0 Å². The molecule has 0 saturated heterocycles. The van der Waals surface area contributed by atoms with Crippen LogP contribution in [0.25, 0.3) is 0 Å². The van der Waals surface area contributed by atoms with Gasteiger partial charge in [0.15, 0.2) is 18.1 Å². The topological polar surface area (TPSA) is 118 Å². The zero-order chi connectivity index (χ0) is 14.5. The van der Waals surface area contributed by atoms with Gasteiger partial charge in [-0.05, 0) is 0 Å². The minimum absolute atomic E-state index is 0.000497. The quantitative estimate of drug-likeness (QED) is 0.735. The largest absolute Gasteiger partial charge is 0.483 e. The van der Waals surface area contributed by atoms with Gasteiger partial charge in [-0.25, -0.2) is 4.79 Å². The number of fused-ring (bicyclic) bond motifs is 1. The molecule has 2 rings (SSSR count). The fourth-order valence-electron chi connectivity index (χ4n) is 1.54. The number of rotatable bonds is 5. The number of carboxylic acid groups (broad SMARTS) is 1. The molecule has 20 heavy (non-hydrogen) atoms. The fraction of sp³-hybridized carbons (Fsp3) is 0.250. The number of nitriles is 1. The first-order valence-electron chi connectivity index (χ1n) is 5.55. The molecule has 0 atom stereocenters. The molecule has 8 nitrogen and oxygen atoms in total. The van der Waals surface area contributed by atoms with E-state index in [9.17, 15) is 9.59 Å². The van der Waals surface area contributed by atoms with Crippen LogP contribution in [0.15, 0.2) is 12.1 Å². The molecule has 8 heteroatoms. The normalized spacial score (nSPS) is 11.6. The van der Waals surface area contributed by atoms with Gasteiger partial charge in [-0.15, -0.1) is 0 Å². The first kappa shape index (κ1) is 13.5. The maximum atomic E-state index is 11.3. The third kappa shape index (κ3) is 2.89. The van der Waals surface area contributed by atoms with Gasteiger partial charge in [0.1, 0.15) is 17.9 Å². The molecule has 0 radical (unpaired) electrons. The molecule has 0 bridgehead atoms. The molecule has 0 spiro atoms. The van der Waals surface area contributed by atoms with Crippen molar-refractivity contribution in [1.29, 1.82) is 5.26 Å². The lowest BCUT2D eigenvalue weighted by atomic mass is 10.2. The highest BCUT2D eigenvalue weighted by Gasteiger charge is 2.22. The van der Waals surface area contributed by atoms with Crippen molar-refractivity contribution in [3.63, 3.8) is 0 Å². The number of carboxylic acids is 1. The van der Waals surface area contributed by atoms with Gasteiger partial charge in [0, 0.05) is 12.1 Å². The second kappa shape index (κ2) is 5.79. The highest BCUT2D eigenvalue weighted by atomic mass is 16.7. The van der Waals surface area contributed by atoms with Gasteiger partial charge in [-0.1, -0.05) is 0 Å². The summed E-state index contributed by atoms with van der Waals surface area (Å²) in [6, 6.07) is 4.36. The number of hydrogen-bond acceptors (Lipinski definition) is 6. The van der Waals surface area contributed by atoms with Crippen LogP contribution in [-0.2, 0) is 4.79 Å².